The minimum atomic E-state index is -0.320. The molecular weight excluding hydrogens is 233 g/mol. The van der Waals surface area contributed by atoms with Gasteiger partial charge in [-0.2, -0.15) is 0 Å². The van der Waals surface area contributed by atoms with E-state index in [0.29, 0.717) is 12.1 Å². The van der Waals surface area contributed by atoms with Crippen molar-refractivity contribution >= 4 is 5.91 Å². The molecule has 1 fully saturated rings. The molecular formula is C14H18FNO2. The van der Waals surface area contributed by atoms with Crippen LogP contribution in [0.3, 0.4) is 0 Å². The smallest absolute Gasteiger partial charge is 0.224 e. The van der Waals surface area contributed by atoms with Crippen molar-refractivity contribution in [2.24, 2.45) is 5.41 Å². The van der Waals surface area contributed by atoms with Crippen LogP contribution in [-0.4, -0.2) is 24.2 Å². The van der Waals surface area contributed by atoms with E-state index in [0.717, 1.165) is 19.3 Å². The van der Waals surface area contributed by atoms with Crippen molar-refractivity contribution in [2.45, 2.75) is 25.7 Å². The Labute approximate surface area is 106 Å². The third-order valence-corrected chi connectivity index (χ3v) is 3.51. The first-order valence-electron chi connectivity index (χ1n) is 6.26. The van der Waals surface area contributed by atoms with Crippen molar-refractivity contribution in [1.82, 2.24) is 5.32 Å². The van der Waals surface area contributed by atoms with Gasteiger partial charge in [0.1, 0.15) is 5.82 Å². The normalized spacial score (nSPS) is 16.3. The van der Waals surface area contributed by atoms with Crippen molar-refractivity contribution in [3.05, 3.63) is 35.6 Å². The molecule has 1 aromatic rings. The molecule has 3 nitrogen and oxygen atoms in total. The first-order chi connectivity index (χ1) is 8.63. The van der Waals surface area contributed by atoms with Crippen LogP contribution in [0.2, 0.25) is 0 Å². The number of hydrogen-bond acceptors (Lipinski definition) is 2. The number of rotatable bonds is 6. The fraction of sp³-hybridized carbons (Fsp3) is 0.500. The maximum atomic E-state index is 12.9. The maximum Gasteiger partial charge on any atom is 0.224 e. The van der Waals surface area contributed by atoms with Crippen LogP contribution in [-0.2, 0) is 11.2 Å². The van der Waals surface area contributed by atoms with Gasteiger partial charge in [-0.25, -0.2) is 4.39 Å². The van der Waals surface area contributed by atoms with E-state index in [4.69, 9.17) is 5.11 Å². The minimum Gasteiger partial charge on any atom is -0.396 e. The fourth-order valence-electron chi connectivity index (χ4n) is 2.11. The molecule has 1 aliphatic carbocycles. The lowest BCUT2D eigenvalue weighted by Gasteiger charge is -2.14. The van der Waals surface area contributed by atoms with Gasteiger partial charge in [0.15, 0.2) is 0 Å². The van der Waals surface area contributed by atoms with Gasteiger partial charge in [0, 0.05) is 13.2 Å². The molecule has 1 aliphatic rings. The van der Waals surface area contributed by atoms with Gasteiger partial charge in [-0.15, -0.1) is 0 Å². The van der Waals surface area contributed by atoms with E-state index < -0.39 is 0 Å². The Morgan fingerprint density at radius 2 is 2.22 bits per heavy atom. The Hall–Kier alpha value is -1.42. The summed E-state index contributed by atoms with van der Waals surface area (Å²) in [6, 6.07) is 6.08. The Balaban J connectivity index is 1.79. The molecule has 0 unspecified atom stereocenters. The lowest BCUT2D eigenvalue weighted by atomic mass is 10.0. The monoisotopic (exact) mass is 251 g/mol. The summed E-state index contributed by atoms with van der Waals surface area (Å²) in [5.41, 5.74) is 0.798. The summed E-state index contributed by atoms with van der Waals surface area (Å²) < 4.78 is 12.9. The highest BCUT2D eigenvalue weighted by Crippen LogP contribution is 2.47. The van der Waals surface area contributed by atoms with Gasteiger partial charge in [0.2, 0.25) is 5.91 Å². The quantitative estimate of drug-likeness (QED) is 0.807. The molecule has 0 aliphatic heterocycles. The zero-order valence-corrected chi connectivity index (χ0v) is 10.3. The molecule has 98 valence electrons. The van der Waals surface area contributed by atoms with Crippen LogP contribution in [0.4, 0.5) is 4.39 Å². The second-order valence-corrected chi connectivity index (χ2v) is 5.06. The third kappa shape index (κ3) is 3.53. The topological polar surface area (TPSA) is 49.3 Å². The van der Waals surface area contributed by atoms with Crippen LogP contribution in [0.1, 0.15) is 24.8 Å². The summed E-state index contributed by atoms with van der Waals surface area (Å²) in [6.45, 7) is 0.779. The van der Waals surface area contributed by atoms with E-state index >= 15 is 0 Å². The number of aliphatic hydroxyl groups excluding tert-OH is 1. The summed E-state index contributed by atoms with van der Waals surface area (Å²) in [7, 11) is 0. The average Bonchev–Trinajstić information content (AvgIpc) is 3.08. The maximum absolute atomic E-state index is 12.9. The zero-order chi connectivity index (χ0) is 13.0. The number of carbonyl (C=O) groups excluding carboxylic acids is 1. The van der Waals surface area contributed by atoms with Crippen molar-refractivity contribution in [2.75, 3.05) is 13.2 Å². The fourth-order valence-corrected chi connectivity index (χ4v) is 2.11. The summed E-state index contributed by atoms with van der Waals surface area (Å²) in [4.78, 5) is 11.7. The Kier molecular flexibility index (Phi) is 3.97. The summed E-state index contributed by atoms with van der Waals surface area (Å²) >= 11 is 0. The Morgan fingerprint density at radius 1 is 1.44 bits per heavy atom. The van der Waals surface area contributed by atoms with Crippen LogP contribution in [0.25, 0.3) is 0 Å². The van der Waals surface area contributed by atoms with E-state index in [2.05, 4.69) is 5.32 Å². The van der Waals surface area contributed by atoms with Gasteiger partial charge in [-0.1, -0.05) is 12.1 Å². The molecule has 1 amide bonds. The average molecular weight is 251 g/mol. The molecule has 0 atom stereocenters. The first kappa shape index (κ1) is 13.0. The molecule has 0 aromatic heterocycles. The molecule has 1 saturated carbocycles. The zero-order valence-electron chi connectivity index (χ0n) is 10.3. The molecule has 18 heavy (non-hydrogen) atoms. The van der Waals surface area contributed by atoms with Gasteiger partial charge in [0.25, 0.3) is 0 Å². The van der Waals surface area contributed by atoms with Gasteiger partial charge in [0.05, 0.1) is 6.42 Å². The Morgan fingerprint density at radius 3 is 2.83 bits per heavy atom. The van der Waals surface area contributed by atoms with Gasteiger partial charge >= 0.3 is 0 Å². The lowest BCUT2D eigenvalue weighted by molar-refractivity contribution is -0.120. The second kappa shape index (κ2) is 5.48. The van der Waals surface area contributed by atoms with Crippen molar-refractivity contribution < 1.29 is 14.3 Å². The van der Waals surface area contributed by atoms with Crippen molar-refractivity contribution in [1.29, 1.82) is 0 Å². The minimum absolute atomic E-state index is 0.0928. The highest BCUT2D eigenvalue weighted by Gasteiger charge is 2.41. The Bertz CT molecular complexity index is 430. The predicted molar refractivity (Wildman–Crippen MR) is 66.5 cm³/mol. The summed E-state index contributed by atoms with van der Waals surface area (Å²) in [6.07, 6.45) is 3.07. The predicted octanol–water partition coefficient (Wildman–Crippen LogP) is 1.65. The number of nitrogens with one attached hydrogen (secondary N) is 1. The van der Waals surface area contributed by atoms with E-state index in [1.54, 1.807) is 12.1 Å². The summed E-state index contributed by atoms with van der Waals surface area (Å²) in [5.74, 6) is -0.413. The van der Waals surface area contributed by atoms with Crippen molar-refractivity contribution in [3.8, 4) is 0 Å². The second-order valence-electron chi connectivity index (χ2n) is 5.06. The standard InChI is InChI=1S/C14H18FNO2/c15-12-3-1-2-11(8-12)9-13(18)16-10-14(4-5-14)6-7-17/h1-3,8,17H,4-7,9-10H2,(H,16,18). The number of carbonyl (C=O) groups is 1. The molecule has 0 radical (unpaired) electrons. The SMILES string of the molecule is O=C(Cc1cccc(F)c1)NCC1(CCO)CC1. The molecule has 0 bridgehead atoms. The first-order valence-corrected chi connectivity index (χ1v) is 6.26. The van der Waals surface area contributed by atoms with E-state index in [1.165, 1.54) is 12.1 Å². The molecule has 1 aromatic carbocycles. The van der Waals surface area contributed by atoms with Crippen LogP contribution >= 0.6 is 0 Å². The van der Waals surface area contributed by atoms with Gasteiger partial charge in [-0.05, 0) is 42.4 Å². The van der Waals surface area contributed by atoms with E-state index in [9.17, 15) is 9.18 Å². The number of benzene rings is 1. The van der Waals surface area contributed by atoms with Gasteiger partial charge < -0.3 is 10.4 Å². The molecule has 4 heteroatoms. The van der Waals surface area contributed by atoms with E-state index in [-0.39, 0.29) is 30.2 Å². The number of amides is 1. The highest BCUT2D eigenvalue weighted by atomic mass is 19.1. The van der Waals surface area contributed by atoms with Crippen LogP contribution in [0, 0.1) is 11.2 Å². The number of hydrogen-bond donors (Lipinski definition) is 2. The summed E-state index contributed by atoms with van der Waals surface area (Å²) in [5, 5.41) is 11.8. The molecule has 2 N–H and O–H groups in total. The molecule has 0 saturated heterocycles. The number of halogens is 1. The number of aliphatic hydroxyl groups is 1. The van der Waals surface area contributed by atoms with Crippen LogP contribution in [0.15, 0.2) is 24.3 Å². The molecule has 2 rings (SSSR count). The molecule has 0 spiro atoms. The van der Waals surface area contributed by atoms with Crippen LogP contribution in [0.5, 0.6) is 0 Å². The largest absolute Gasteiger partial charge is 0.396 e. The van der Waals surface area contributed by atoms with E-state index in [1.807, 2.05) is 0 Å². The van der Waals surface area contributed by atoms with Crippen LogP contribution < -0.4 is 5.32 Å². The highest BCUT2D eigenvalue weighted by molar-refractivity contribution is 5.78. The van der Waals surface area contributed by atoms with Gasteiger partial charge in [-0.3, -0.25) is 4.79 Å². The third-order valence-electron chi connectivity index (χ3n) is 3.51. The van der Waals surface area contributed by atoms with Crippen molar-refractivity contribution in [3.63, 3.8) is 0 Å². The molecule has 0 heterocycles. The lowest BCUT2D eigenvalue weighted by Crippen LogP contribution is -2.31.